The number of terminal acetylenes is 1. The average molecular weight is 152 g/mol. The maximum Gasteiger partial charge on any atom is 0.124 e. The highest BCUT2D eigenvalue weighted by Gasteiger charge is 1.56. The van der Waals surface area contributed by atoms with Gasteiger partial charge in [-0.05, 0) is 23.7 Å². The van der Waals surface area contributed by atoms with Crippen molar-refractivity contribution >= 4 is 0 Å². The van der Waals surface area contributed by atoms with Crippen molar-refractivity contribution in [1.82, 2.24) is 0 Å². The standard InChI is InChI=1S/C11H4O/c1-3-4-5-6-7-8-9-10-11-12-2/h1H,2H3. The molecule has 0 bridgehead atoms. The third-order valence-electron chi connectivity index (χ3n) is 0.600. The number of hydrogen-bond acceptors (Lipinski definition) is 1. The Morgan fingerprint density at radius 1 is 0.833 bits per heavy atom. The van der Waals surface area contributed by atoms with Gasteiger partial charge in [-0.1, -0.05) is 0 Å². The fraction of sp³-hybridized carbons (Fsp3) is 0.0909. The van der Waals surface area contributed by atoms with E-state index in [1.54, 1.807) is 0 Å². The molecule has 0 atom stereocenters. The van der Waals surface area contributed by atoms with E-state index in [0.29, 0.717) is 0 Å². The van der Waals surface area contributed by atoms with Gasteiger partial charge in [-0.2, -0.15) is 0 Å². The monoisotopic (exact) mass is 152 g/mol. The van der Waals surface area contributed by atoms with E-state index in [9.17, 15) is 0 Å². The molecule has 0 aliphatic heterocycles. The van der Waals surface area contributed by atoms with Crippen LogP contribution in [0.5, 0.6) is 0 Å². The highest BCUT2D eigenvalue weighted by molar-refractivity contribution is 5.41. The fourth-order valence-electron chi connectivity index (χ4n) is 0.269. The van der Waals surface area contributed by atoms with E-state index in [4.69, 9.17) is 6.42 Å². The van der Waals surface area contributed by atoms with E-state index in [0.717, 1.165) is 0 Å². The molecule has 0 heterocycles. The second-order valence-electron chi connectivity index (χ2n) is 1.33. The fourth-order valence-corrected chi connectivity index (χ4v) is 0.269. The van der Waals surface area contributed by atoms with E-state index in [-0.39, 0.29) is 0 Å². The molecule has 0 aromatic carbocycles. The van der Waals surface area contributed by atoms with Crippen LogP contribution >= 0.6 is 0 Å². The lowest BCUT2D eigenvalue weighted by Gasteiger charge is -1.69. The van der Waals surface area contributed by atoms with Crippen LogP contribution in [0, 0.1) is 59.9 Å². The minimum Gasteiger partial charge on any atom is -0.449 e. The smallest absolute Gasteiger partial charge is 0.124 e. The highest BCUT2D eigenvalue weighted by Crippen LogP contribution is 1.56. The van der Waals surface area contributed by atoms with E-state index in [2.05, 4.69) is 58.2 Å². The number of rotatable bonds is 0. The molecule has 0 rings (SSSR count). The van der Waals surface area contributed by atoms with Gasteiger partial charge in [-0.15, -0.1) is 6.42 Å². The zero-order chi connectivity index (χ0) is 9.07. The Morgan fingerprint density at radius 3 is 1.83 bits per heavy atom. The molecule has 12 heavy (non-hydrogen) atoms. The molecule has 0 radical (unpaired) electrons. The van der Waals surface area contributed by atoms with Crippen molar-refractivity contribution in [1.29, 1.82) is 0 Å². The van der Waals surface area contributed by atoms with Crippen molar-refractivity contribution in [2.45, 2.75) is 0 Å². The van der Waals surface area contributed by atoms with Crippen LogP contribution in [0.2, 0.25) is 0 Å². The Kier molecular flexibility index (Phi) is 6.88. The first kappa shape index (κ1) is 9.60. The molecule has 54 valence electrons. The maximum atomic E-state index is 4.84. The topological polar surface area (TPSA) is 9.23 Å². The molecule has 0 unspecified atom stereocenters. The first-order chi connectivity index (χ1) is 5.91. The van der Waals surface area contributed by atoms with Gasteiger partial charge in [0.1, 0.15) is 6.11 Å². The van der Waals surface area contributed by atoms with Gasteiger partial charge < -0.3 is 4.74 Å². The lowest BCUT2D eigenvalue weighted by Crippen LogP contribution is -1.62. The van der Waals surface area contributed by atoms with Gasteiger partial charge in [-0.25, -0.2) is 0 Å². The van der Waals surface area contributed by atoms with Crippen molar-refractivity contribution in [3.8, 4) is 59.9 Å². The molecule has 1 heteroatoms. The van der Waals surface area contributed by atoms with E-state index < -0.39 is 0 Å². The van der Waals surface area contributed by atoms with Crippen molar-refractivity contribution in [2.24, 2.45) is 0 Å². The zero-order valence-corrected chi connectivity index (χ0v) is 6.49. The normalized spacial score (nSPS) is 4.00. The summed E-state index contributed by atoms with van der Waals surface area (Å²) in [5, 5.41) is 0. The summed E-state index contributed by atoms with van der Waals surface area (Å²) in [5.74, 6) is 19.0. The molecule has 0 aromatic rings. The lowest BCUT2D eigenvalue weighted by molar-refractivity contribution is 0.372. The molecule has 0 N–H and O–H groups in total. The Bertz CT molecular complexity index is 405. The van der Waals surface area contributed by atoms with Crippen molar-refractivity contribution in [3.63, 3.8) is 0 Å². The third kappa shape index (κ3) is 7.60. The van der Waals surface area contributed by atoms with Crippen LogP contribution in [-0.4, -0.2) is 7.11 Å². The van der Waals surface area contributed by atoms with Gasteiger partial charge >= 0.3 is 0 Å². The highest BCUT2D eigenvalue weighted by atomic mass is 16.5. The molecule has 0 amide bonds. The number of hydrogen-bond donors (Lipinski definition) is 0. The molecule has 0 aromatic heterocycles. The van der Waals surface area contributed by atoms with Crippen molar-refractivity contribution in [3.05, 3.63) is 0 Å². The molecule has 0 spiro atoms. The van der Waals surface area contributed by atoms with Crippen LogP contribution in [0.15, 0.2) is 0 Å². The summed E-state index contributed by atoms with van der Waals surface area (Å²) in [6, 6.07) is 0. The van der Waals surface area contributed by atoms with E-state index >= 15 is 0 Å². The van der Waals surface area contributed by atoms with Gasteiger partial charge in [0.25, 0.3) is 0 Å². The van der Waals surface area contributed by atoms with E-state index in [1.165, 1.54) is 7.11 Å². The van der Waals surface area contributed by atoms with Gasteiger partial charge in [0.15, 0.2) is 0 Å². The molecule has 1 nitrogen and oxygen atoms in total. The Labute approximate surface area is 72.5 Å². The number of ether oxygens (including phenoxy) is 1. The molecular formula is C11H4O. The molecule has 0 fully saturated rings. The minimum absolute atomic E-state index is 1.46. The lowest BCUT2D eigenvalue weighted by atomic mass is 10.5. The first-order valence-electron chi connectivity index (χ1n) is 2.90. The van der Waals surface area contributed by atoms with E-state index in [1.807, 2.05) is 0 Å². The average Bonchev–Trinajstić information content (AvgIpc) is 2.10. The summed E-state index contributed by atoms with van der Waals surface area (Å²) in [6.45, 7) is 0. The second-order valence-corrected chi connectivity index (χ2v) is 1.33. The zero-order valence-electron chi connectivity index (χ0n) is 6.49. The second kappa shape index (κ2) is 8.60. The largest absolute Gasteiger partial charge is 0.449 e. The third-order valence-corrected chi connectivity index (χ3v) is 0.600. The summed E-state index contributed by atoms with van der Waals surface area (Å²) < 4.78 is 4.42. The summed E-state index contributed by atoms with van der Waals surface area (Å²) in [7, 11) is 1.46. The maximum absolute atomic E-state index is 4.84. The van der Waals surface area contributed by atoms with Crippen LogP contribution in [0.4, 0.5) is 0 Å². The summed E-state index contributed by atoms with van der Waals surface area (Å²) in [6.07, 6.45) is 7.13. The molecule has 0 saturated heterocycles. The van der Waals surface area contributed by atoms with Crippen LogP contribution in [0.1, 0.15) is 0 Å². The first-order valence-corrected chi connectivity index (χ1v) is 2.90. The molecule has 0 aliphatic rings. The predicted molar refractivity (Wildman–Crippen MR) is 46.9 cm³/mol. The quantitative estimate of drug-likeness (QED) is 0.452. The minimum atomic E-state index is 1.46. The number of methoxy groups -OCH3 is 1. The Hall–Kier alpha value is -2.40. The molecule has 0 saturated carbocycles. The van der Waals surface area contributed by atoms with Crippen LogP contribution in [-0.2, 0) is 4.74 Å². The van der Waals surface area contributed by atoms with Gasteiger partial charge in [-0.3, -0.25) is 0 Å². The van der Waals surface area contributed by atoms with Crippen LogP contribution < -0.4 is 0 Å². The SMILES string of the molecule is C#CC#CC#CC#CC#COC. The van der Waals surface area contributed by atoms with Gasteiger partial charge in [0.2, 0.25) is 0 Å². The van der Waals surface area contributed by atoms with Crippen LogP contribution in [0.3, 0.4) is 0 Å². The van der Waals surface area contributed by atoms with Gasteiger partial charge in [0.05, 0.1) is 7.11 Å². The molecule has 0 aliphatic carbocycles. The summed E-state index contributed by atoms with van der Waals surface area (Å²) >= 11 is 0. The van der Waals surface area contributed by atoms with Crippen LogP contribution in [0.25, 0.3) is 0 Å². The van der Waals surface area contributed by atoms with Crippen molar-refractivity contribution < 1.29 is 4.74 Å². The summed E-state index contributed by atoms with van der Waals surface area (Å²) in [4.78, 5) is 0. The Morgan fingerprint density at radius 2 is 1.33 bits per heavy atom. The Balaban J connectivity index is 4.00. The predicted octanol–water partition coefficient (Wildman–Crippen LogP) is 0.237. The molecular weight excluding hydrogens is 148 g/mol. The van der Waals surface area contributed by atoms with Crippen molar-refractivity contribution in [2.75, 3.05) is 7.11 Å². The van der Waals surface area contributed by atoms with Gasteiger partial charge in [0, 0.05) is 23.7 Å². The summed E-state index contributed by atoms with van der Waals surface area (Å²) in [5.41, 5.74) is 0.